The zero-order valence-corrected chi connectivity index (χ0v) is 14.0. The van der Waals surface area contributed by atoms with Gasteiger partial charge in [-0.3, -0.25) is 0 Å². The molecule has 0 spiro atoms. The van der Waals surface area contributed by atoms with E-state index in [1.807, 2.05) is 31.2 Å². The van der Waals surface area contributed by atoms with Crippen LogP contribution in [0, 0.1) is 18.6 Å². The largest absolute Gasteiger partial charge is 0.370 e. The first-order valence-corrected chi connectivity index (χ1v) is 8.52. The van der Waals surface area contributed by atoms with Crippen LogP contribution < -0.4 is 5.32 Å². The maximum Gasteiger partial charge on any atom is 0.151 e. The molecule has 128 valence electrons. The van der Waals surface area contributed by atoms with Gasteiger partial charge >= 0.3 is 0 Å². The van der Waals surface area contributed by atoms with E-state index in [2.05, 4.69) is 5.32 Å². The molecule has 0 bridgehead atoms. The molecule has 0 unspecified atom stereocenters. The number of nitrogens with one attached hydrogen (secondary N) is 1. The fourth-order valence-electron chi connectivity index (χ4n) is 3.38. The van der Waals surface area contributed by atoms with Crippen molar-refractivity contribution in [3.63, 3.8) is 0 Å². The molecule has 5 heteroatoms. The third-order valence-corrected chi connectivity index (χ3v) is 4.67. The number of fused-ring (bicyclic) bond motifs is 1. The maximum absolute atomic E-state index is 14.4. The predicted molar refractivity (Wildman–Crippen MR) is 95.1 cm³/mol. The number of nitrogens with zero attached hydrogens (tertiary/aromatic N) is 2. The third kappa shape index (κ3) is 2.80. The van der Waals surface area contributed by atoms with Gasteiger partial charge in [0, 0.05) is 23.7 Å². The van der Waals surface area contributed by atoms with Crippen molar-refractivity contribution in [2.75, 3.05) is 11.9 Å². The lowest BCUT2D eigenvalue weighted by atomic mass is 10.00. The Morgan fingerprint density at radius 3 is 2.72 bits per heavy atom. The summed E-state index contributed by atoms with van der Waals surface area (Å²) in [5.74, 6) is -0.402. The molecule has 2 heterocycles. The van der Waals surface area contributed by atoms with Crippen LogP contribution in [0.4, 0.5) is 14.6 Å². The second-order valence-electron chi connectivity index (χ2n) is 6.38. The summed E-state index contributed by atoms with van der Waals surface area (Å²) in [6.45, 7) is 2.86. The molecule has 0 fully saturated rings. The highest BCUT2D eigenvalue weighted by molar-refractivity contribution is 5.73. The maximum atomic E-state index is 14.4. The van der Waals surface area contributed by atoms with Crippen molar-refractivity contribution in [1.82, 2.24) is 9.78 Å². The smallest absolute Gasteiger partial charge is 0.151 e. The minimum atomic E-state index is -0.618. The lowest BCUT2D eigenvalue weighted by molar-refractivity contribution is 0.574. The highest BCUT2D eigenvalue weighted by atomic mass is 19.1. The summed E-state index contributed by atoms with van der Waals surface area (Å²) in [6.07, 6.45) is 2.99. The van der Waals surface area contributed by atoms with E-state index in [1.54, 1.807) is 4.68 Å². The fraction of sp³-hybridized carbons (Fsp3) is 0.250. The number of halogens is 2. The number of aryl methyl sites for hydroxylation is 1. The van der Waals surface area contributed by atoms with Gasteiger partial charge in [0.15, 0.2) is 5.82 Å². The van der Waals surface area contributed by atoms with Crippen molar-refractivity contribution in [3.8, 4) is 16.9 Å². The second kappa shape index (κ2) is 6.31. The summed E-state index contributed by atoms with van der Waals surface area (Å²) in [4.78, 5) is 0. The van der Waals surface area contributed by atoms with Gasteiger partial charge in [0.05, 0.1) is 5.69 Å². The van der Waals surface area contributed by atoms with Gasteiger partial charge in [-0.2, -0.15) is 5.10 Å². The van der Waals surface area contributed by atoms with Crippen LogP contribution in [0.3, 0.4) is 0 Å². The molecule has 0 atom stereocenters. The summed E-state index contributed by atoms with van der Waals surface area (Å²) >= 11 is 0. The second-order valence-corrected chi connectivity index (χ2v) is 6.38. The number of hydrogen-bond acceptors (Lipinski definition) is 2. The molecule has 25 heavy (non-hydrogen) atoms. The van der Waals surface area contributed by atoms with E-state index in [-0.39, 0.29) is 5.69 Å². The molecule has 0 radical (unpaired) electrons. The number of hydrogen-bond donors (Lipinski definition) is 1. The predicted octanol–water partition coefficient (Wildman–Crippen LogP) is 4.87. The average Bonchev–Trinajstić information content (AvgIpc) is 2.78. The number of anilines is 1. The number of aromatic nitrogens is 2. The topological polar surface area (TPSA) is 29.9 Å². The summed E-state index contributed by atoms with van der Waals surface area (Å²) in [5, 5.41) is 8.10. The molecule has 1 N–H and O–H groups in total. The van der Waals surface area contributed by atoms with E-state index in [9.17, 15) is 8.78 Å². The van der Waals surface area contributed by atoms with Crippen LogP contribution in [0.1, 0.15) is 24.0 Å². The van der Waals surface area contributed by atoms with Crippen LogP contribution in [0.25, 0.3) is 16.9 Å². The van der Waals surface area contributed by atoms with Crippen molar-refractivity contribution in [3.05, 3.63) is 65.2 Å². The molecule has 0 saturated heterocycles. The molecule has 0 aliphatic carbocycles. The van der Waals surface area contributed by atoms with Crippen LogP contribution in [-0.4, -0.2) is 16.3 Å². The monoisotopic (exact) mass is 339 g/mol. The lowest BCUT2D eigenvalue weighted by Crippen LogP contribution is -2.08. The van der Waals surface area contributed by atoms with Crippen molar-refractivity contribution in [1.29, 1.82) is 0 Å². The Morgan fingerprint density at radius 1 is 1.08 bits per heavy atom. The van der Waals surface area contributed by atoms with Gasteiger partial charge in [0.25, 0.3) is 0 Å². The molecule has 1 aliphatic heterocycles. The van der Waals surface area contributed by atoms with Crippen molar-refractivity contribution in [2.45, 2.75) is 26.2 Å². The lowest BCUT2D eigenvalue weighted by Gasteiger charge is -2.10. The quantitative estimate of drug-likeness (QED) is 0.721. The van der Waals surface area contributed by atoms with Crippen LogP contribution in [0.15, 0.2) is 42.5 Å². The fourth-order valence-corrected chi connectivity index (χ4v) is 3.38. The first kappa shape index (κ1) is 15.8. The van der Waals surface area contributed by atoms with Crippen LogP contribution in [-0.2, 0) is 6.42 Å². The standard InChI is InChI=1S/C20H19F2N3/c1-13-6-2-3-7-15(13)19-16-8-4-5-11-23-20(16)25(24-19)18-10-9-14(21)12-17(18)22/h2-3,6-7,9-10,12,23H,4-5,8,11H2,1H3. The van der Waals surface area contributed by atoms with Crippen LogP contribution in [0.2, 0.25) is 0 Å². The first-order valence-electron chi connectivity index (χ1n) is 8.52. The minimum absolute atomic E-state index is 0.256. The zero-order valence-electron chi connectivity index (χ0n) is 14.0. The molecular weight excluding hydrogens is 320 g/mol. The molecular formula is C20H19F2N3. The van der Waals surface area contributed by atoms with Gasteiger partial charge in [0.2, 0.25) is 0 Å². The van der Waals surface area contributed by atoms with Gasteiger partial charge in [-0.05, 0) is 43.9 Å². The first-order chi connectivity index (χ1) is 12.1. The molecule has 1 aliphatic rings. The Bertz CT molecular complexity index is 931. The third-order valence-electron chi connectivity index (χ3n) is 4.67. The van der Waals surface area contributed by atoms with E-state index in [0.717, 1.165) is 60.1 Å². The Balaban J connectivity index is 1.95. The highest BCUT2D eigenvalue weighted by Gasteiger charge is 2.23. The van der Waals surface area contributed by atoms with E-state index in [4.69, 9.17) is 5.10 Å². The molecule has 1 aromatic heterocycles. The molecule has 0 saturated carbocycles. The van der Waals surface area contributed by atoms with Gasteiger partial charge in [-0.1, -0.05) is 24.3 Å². The molecule has 4 rings (SSSR count). The summed E-state index contributed by atoms with van der Waals surface area (Å²) in [5.41, 5.74) is 4.39. The Morgan fingerprint density at radius 2 is 1.92 bits per heavy atom. The summed E-state index contributed by atoms with van der Waals surface area (Å²) < 4.78 is 29.3. The number of rotatable bonds is 2. The summed E-state index contributed by atoms with van der Waals surface area (Å²) in [6, 6.07) is 11.6. The van der Waals surface area contributed by atoms with E-state index >= 15 is 0 Å². The van der Waals surface area contributed by atoms with E-state index < -0.39 is 11.6 Å². The van der Waals surface area contributed by atoms with E-state index in [0.29, 0.717) is 0 Å². The number of benzene rings is 2. The molecule has 0 amide bonds. The Hall–Kier alpha value is -2.69. The van der Waals surface area contributed by atoms with E-state index in [1.165, 1.54) is 12.1 Å². The molecule has 3 nitrogen and oxygen atoms in total. The Labute approximate surface area is 145 Å². The molecule has 2 aromatic carbocycles. The zero-order chi connectivity index (χ0) is 17.4. The van der Waals surface area contributed by atoms with Crippen LogP contribution >= 0.6 is 0 Å². The van der Waals surface area contributed by atoms with Gasteiger partial charge in [0.1, 0.15) is 17.3 Å². The Kier molecular flexibility index (Phi) is 3.99. The SMILES string of the molecule is Cc1ccccc1-c1nn(-c2ccc(F)cc2F)c2c1CCCCN2. The van der Waals surface area contributed by atoms with Crippen molar-refractivity contribution in [2.24, 2.45) is 0 Å². The highest BCUT2D eigenvalue weighted by Crippen LogP contribution is 2.35. The van der Waals surface area contributed by atoms with Crippen LogP contribution in [0.5, 0.6) is 0 Å². The molecule has 3 aromatic rings. The summed E-state index contributed by atoms with van der Waals surface area (Å²) in [7, 11) is 0. The normalized spacial score (nSPS) is 13.9. The van der Waals surface area contributed by atoms with Gasteiger partial charge in [-0.15, -0.1) is 0 Å². The van der Waals surface area contributed by atoms with Gasteiger partial charge in [-0.25, -0.2) is 13.5 Å². The van der Waals surface area contributed by atoms with Crippen molar-refractivity contribution < 1.29 is 8.78 Å². The minimum Gasteiger partial charge on any atom is -0.370 e. The van der Waals surface area contributed by atoms with Gasteiger partial charge < -0.3 is 5.32 Å². The van der Waals surface area contributed by atoms with Crippen molar-refractivity contribution >= 4 is 5.82 Å². The average molecular weight is 339 g/mol.